The zero-order valence-corrected chi connectivity index (χ0v) is 9.10. The first-order chi connectivity index (χ1) is 7.32. The first-order valence-corrected chi connectivity index (χ1v) is 6.29. The first-order valence-electron chi connectivity index (χ1n) is 6.29. The van der Waals surface area contributed by atoms with Crippen molar-refractivity contribution >= 4 is 0 Å². The minimum atomic E-state index is 0.328. The molecule has 0 aromatic rings. The van der Waals surface area contributed by atoms with Crippen LogP contribution in [0.5, 0.6) is 0 Å². The Morgan fingerprint density at radius 3 is 2.73 bits per heavy atom. The van der Waals surface area contributed by atoms with E-state index in [9.17, 15) is 0 Å². The first kappa shape index (κ1) is 8.93. The molecule has 15 heavy (non-hydrogen) atoms. The van der Waals surface area contributed by atoms with Crippen molar-refractivity contribution < 1.29 is 0 Å². The Hall–Kier alpha value is -0.160. The maximum Gasteiger partial charge on any atom is 0.0518 e. The van der Waals surface area contributed by atoms with Crippen LogP contribution >= 0.6 is 0 Å². The molecule has 4 bridgehead atoms. The number of hydrogen-bond donors (Lipinski definition) is 4. The fraction of sp³-hybridized carbons (Fsp3) is 1.00. The highest BCUT2D eigenvalue weighted by Crippen LogP contribution is 2.42. The van der Waals surface area contributed by atoms with Crippen molar-refractivity contribution in [1.82, 2.24) is 21.3 Å². The summed E-state index contributed by atoms with van der Waals surface area (Å²) in [6.45, 7) is 4.62. The smallest absolute Gasteiger partial charge is 0.0518 e. The van der Waals surface area contributed by atoms with Gasteiger partial charge in [-0.05, 0) is 19.3 Å². The zero-order valence-electron chi connectivity index (χ0n) is 9.10. The van der Waals surface area contributed by atoms with Crippen LogP contribution in [0.25, 0.3) is 0 Å². The molecule has 4 heteroatoms. The van der Waals surface area contributed by atoms with Crippen LogP contribution in [0.4, 0.5) is 0 Å². The van der Waals surface area contributed by atoms with Gasteiger partial charge in [-0.2, -0.15) is 0 Å². The molecule has 4 aliphatic heterocycles. The van der Waals surface area contributed by atoms with Gasteiger partial charge in [0.2, 0.25) is 0 Å². The van der Waals surface area contributed by atoms with E-state index in [0.29, 0.717) is 11.1 Å². The summed E-state index contributed by atoms with van der Waals surface area (Å²) in [5.74, 6) is 0. The van der Waals surface area contributed by atoms with E-state index in [2.05, 4.69) is 21.3 Å². The van der Waals surface area contributed by atoms with Crippen LogP contribution in [0.3, 0.4) is 0 Å². The van der Waals surface area contributed by atoms with Crippen molar-refractivity contribution in [3.63, 3.8) is 0 Å². The lowest BCUT2D eigenvalue weighted by Gasteiger charge is -2.48. The van der Waals surface area contributed by atoms with Crippen LogP contribution in [-0.4, -0.2) is 49.3 Å². The third kappa shape index (κ3) is 1.01. The van der Waals surface area contributed by atoms with E-state index < -0.39 is 0 Å². The van der Waals surface area contributed by atoms with E-state index in [1.807, 2.05) is 0 Å². The number of nitrogens with one attached hydrogen (secondary N) is 4. The standard InChI is InChI=1S/C11H20N4/c1-2-10(6-12-4-8(1)15-10)11-3-9(5-14-11)13-7-11/h8-9,12-15H,1-7H2/t8?,9-,10?,11-/m0/s1. The lowest BCUT2D eigenvalue weighted by atomic mass is 9.75. The molecule has 0 aliphatic carbocycles. The number of fused-ring (bicyclic) bond motifs is 5. The summed E-state index contributed by atoms with van der Waals surface area (Å²) in [5.41, 5.74) is 0.661. The monoisotopic (exact) mass is 208 g/mol. The normalized spacial score (nSPS) is 57.6. The van der Waals surface area contributed by atoms with Gasteiger partial charge in [-0.15, -0.1) is 0 Å². The van der Waals surface area contributed by atoms with Crippen molar-refractivity contribution in [1.29, 1.82) is 0 Å². The number of piperazine rings is 2. The minimum absolute atomic E-state index is 0.328. The lowest BCUT2D eigenvalue weighted by Crippen LogP contribution is -2.74. The summed E-state index contributed by atoms with van der Waals surface area (Å²) >= 11 is 0. The van der Waals surface area contributed by atoms with Gasteiger partial charge in [-0.1, -0.05) is 0 Å². The fourth-order valence-corrected chi connectivity index (χ4v) is 4.27. The molecule has 0 aromatic heterocycles. The molecule has 0 spiro atoms. The van der Waals surface area contributed by atoms with Crippen LogP contribution < -0.4 is 21.3 Å². The highest BCUT2D eigenvalue weighted by molar-refractivity contribution is 5.25. The van der Waals surface area contributed by atoms with Crippen molar-refractivity contribution in [2.24, 2.45) is 0 Å². The van der Waals surface area contributed by atoms with Crippen molar-refractivity contribution in [2.75, 3.05) is 26.2 Å². The fourth-order valence-electron chi connectivity index (χ4n) is 4.27. The summed E-state index contributed by atoms with van der Waals surface area (Å²) in [6, 6.07) is 1.44. The van der Waals surface area contributed by atoms with Crippen LogP contribution in [-0.2, 0) is 0 Å². The lowest BCUT2D eigenvalue weighted by molar-refractivity contribution is 0.148. The van der Waals surface area contributed by atoms with Gasteiger partial charge in [0.05, 0.1) is 11.1 Å². The summed E-state index contributed by atoms with van der Waals surface area (Å²) in [7, 11) is 0. The molecule has 2 unspecified atom stereocenters. The zero-order chi connectivity index (χ0) is 9.93. The topological polar surface area (TPSA) is 48.1 Å². The molecule has 4 N–H and O–H groups in total. The Bertz CT molecular complexity index is 280. The SMILES string of the molecule is C1CC2([C@]34CN[C@H](CN3)C4)CNCC1N2. The highest BCUT2D eigenvalue weighted by Gasteiger charge is 2.60. The van der Waals surface area contributed by atoms with Gasteiger partial charge in [0.15, 0.2) is 0 Å². The molecule has 4 rings (SSSR count). The summed E-state index contributed by atoms with van der Waals surface area (Å²) in [6.07, 6.45) is 4.00. The Balaban J connectivity index is 1.70. The molecule has 0 saturated carbocycles. The Kier molecular flexibility index (Phi) is 1.63. The minimum Gasteiger partial charge on any atom is -0.313 e. The second-order valence-corrected chi connectivity index (χ2v) is 5.84. The average molecular weight is 208 g/mol. The molecule has 4 saturated heterocycles. The van der Waals surface area contributed by atoms with Gasteiger partial charge in [-0.3, -0.25) is 0 Å². The van der Waals surface area contributed by atoms with Crippen molar-refractivity contribution in [2.45, 2.75) is 42.4 Å². The molecule has 0 aromatic carbocycles. The van der Waals surface area contributed by atoms with E-state index in [4.69, 9.17) is 0 Å². The summed E-state index contributed by atoms with van der Waals surface area (Å²) in [5, 5.41) is 14.9. The van der Waals surface area contributed by atoms with E-state index in [1.165, 1.54) is 19.3 Å². The largest absolute Gasteiger partial charge is 0.313 e. The third-order valence-electron chi connectivity index (χ3n) is 5.11. The van der Waals surface area contributed by atoms with Crippen LogP contribution in [0.2, 0.25) is 0 Å². The molecule has 0 radical (unpaired) electrons. The van der Waals surface area contributed by atoms with Gasteiger partial charge in [0.25, 0.3) is 0 Å². The van der Waals surface area contributed by atoms with E-state index in [-0.39, 0.29) is 0 Å². The molecule has 4 atom stereocenters. The Morgan fingerprint density at radius 1 is 1.00 bits per heavy atom. The molecule has 4 heterocycles. The quantitative estimate of drug-likeness (QED) is 0.436. The van der Waals surface area contributed by atoms with Crippen molar-refractivity contribution in [3.8, 4) is 0 Å². The number of rotatable bonds is 1. The summed E-state index contributed by atoms with van der Waals surface area (Å²) in [4.78, 5) is 0. The predicted molar refractivity (Wildman–Crippen MR) is 58.9 cm³/mol. The second kappa shape index (κ2) is 2.74. The number of hydrogen-bond acceptors (Lipinski definition) is 4. The predicted octanol–water partition coefficient (Wildman–Crippen LogP) is -1.22. The maximum absolute atomic E-state index is 3.90. The van der Waals surface area contributed by atoms with Gasteiger partial charge in [-0.25, -0.2) is 0 Å². The van der Waals surface area contributed by atoms with E-state index in [0.717, 1.165) is 38.3 Å². The second-order valence-electron chi connectivity index (χ2n) is 5.84. The summed E-state index contributed by atoms with van der Waals surface area (Å²) < 4.78 is 0. The molecular formula is C11H20N4. The molecule has 4 nitrogen and oxygen atoms in total. The van der Waals surface area contributed by atoms with Gasteiger partial charge >= 0.3 is 0 Å². The van der Waals surface area contributed by atoms with Crippen LogP contribution in [0.15, 0.2) is 0 Å². The van der Waals surface area contributed by atoms with Gasteiger partial charge < -0.3 is 21.3 Å². The molecular weight excluding hydrogens is 188 g/mol. The molecule has 0 amide bonds. The van der Waals surface area contributed by atoms with Gasteiger partial charge in [0, 0.05) is 38.3 Å². The van der Waals surface area contributed by atoms with Crippen molar-refractivity contribution in [3.05, 3.63) is 0 Å². The Morgan fingerprint density at radius 2 is 2.00 bits per heavy atom. The van der Waals surface area contributed by atoms with E-state index in [1.54, 1.807) is 0 Å². The molecule has 4 fully saturated rings. The van der Waals surface area contributed by atoms with Crippen LogP contribution in [0, 0.1) is 0 Å². The third-order valence-corrected chi connectivity index (χ3v) is 5.11. The molecule has 4 aliphatic rings. The maximum atomic E-state index is 3.90. The average Bonchev–Trinajstić information content (AvgIpc) is 2.94. The van der Waals surface area contributed by atoms with E-state index >= 15 is 0 Å². The molecule has 84 valence electrons. The Labute approximate surface area is 90.6 Å². The van der Waals surface area contributed by atoms with Crippen LogP contribution in [0.1, 0.15) is 19.3 Å². The highest BCUT2D eigenvalue weighted by atomic mass is 15.3. The van der Waals surface area contributed by atoms with Gasteiger partial charge in [0.1, 0.15) is 0 Å².